The molecule has 0 heterocycles. The highest BCUT2D eigenvalue weighted by molar-refractivity contribution is 6.31. The van der Waals surface area contributed by atoms with Gasteiger partial charge in [-0.05, 0) is 36.2 Å². The molecule has 0 saturated carbocycles. The van der Waals surface area contributed by atoms with E-state index in [1.54, 1.807) is 19.2 Å². The van der Waals surface area contributed by atoms with Crippen LogP contribution in [0, 0.1) is 12.7 Å². The standard InChI is InChI=1S/C14H11ClFO/c1-9-11(4-3-5-14(9)17-2)10-6-7-13(16)12(15)8-10/h3-8H,1H2,2H3. The zero-order valence-corrected chi connectivity index (χ0v) is 10.1. The zero-order valence-electron chi connectivity index (χ0n) is 9.34. The third-order valence-electron chi connectivity index (χ3n) is 2.58. The molecule has 0 bridgehead atoms. The van der Waals surface area contributed by atoms with Crippen molar-refractivity contribution in [2.45, 2.75) is 0 Å². The number of benzene rings is 2. The smallest absolute Gasteiger partial charge is 0.141 e. The fourth-order valence-electron chi connectivity index (χ4n) is 1.69. The summed E-state index contributed by atoms with van der Waals surface area (Å²) in [7, 11) is 1.59. The van der Waals surface area contributed by atoms with Crippen LogP contribution in [0.1, 0.15) is 5.56 Å². The second-order valence-corrected chi connectivity index (χ2v) is 4.02. The topological polar surface area (TPSA) is 9.23 Å². The molecular formula is C14H11ClFO. The predicted octanol–water partition coefficient (Wildman–Crippen LogP) is 4.34. The molecule has 0 fully saturated rings. The summed E-state index contributed by atoms with van der Waals surface area (Å²) in [6.07, 6.45) is 0. The van der Waals surface area contributed by atoms with Crippen molar-refractivity contribution in [2.24, 2.45) is 0 Å². The lowest BCUT2D eigenvalue weighted by molar-refractivity contribution is 0.413. The van der Waals surface area contributed by atoms with E-state index in [9.17, 15) is 4.39 Å². The number of hydrogen-bond acceptors (Lipinski definition) is 1. The Labute approximate surface area is 105 Å². The van der Waals surface area contributed by atoms with Gasteiger partial charge in [0, 0.05) is 5.56 Å². The van der Waals surface area contributed by atoms with E-state index in [4.69, 9.17) is 16.3 Å². The summed E-state index contributed by atoms with van der Waals surface area (Å²) in [5, 5.41) is 0.102. The van der Waals surface area contributed by atoms with Gasteiger partial charge in [-0.3, -0.25) is 0 Å². The molecule has 87 valence electrons. The minimum absolute atomic E-state index is 0.102. The van der Waals surface area contributed by atoms with Gasteiger partial charge in [0.15, 0.2) is 0 Å². The van der Waals surface area contributed by atoms with E-state index in [0.717, 1.165) is 16.7 Å². The fraction of sp³-hybridized carbons (Fsp3) is 0.0714. The molecule has 0 amide bonds. The minimum Gasteiger partial charge on any atom is -0.496 e. The highest BCUT2D eigenvalue weighted by Crippen LogP contribution is 2.31. The van der Waals surface area contributed by atoms with Gasteiger partial charge in [-0.2, -0.15) is 0 Å². The van der Waals surface area contributed by atoms with Crippen molar-refractivity contribution < 1.29 is 9.13 Å². The molecule has 1 nitrogen and oxygen atoms in total. The third kappa shape index (κ3) is 2.27. The van der Waals surface area contributed by atoms with Crippen LogP contribution >= 0.6 is 11.6 Å². The van der Waals surface area contributed by atoms with Gasteiger partial charge in [-0.1, -0.05) is 29.8 Å². The van der Waals surface area contributed by atoms with Crippen molar-refractivity contribution in [3.8, 4) is 16.9 Å². The van der Waals surface area contributed by atoms with Crippen molar-refractivity contribution in [3.63, 3.8) is 0 Å². The molecule has 2 rings (SSSR count). The Morgan fingerprint density at radius 3 is 2.65 bits per heavy atom. The summed E-state index contributed by atoms with van der Waals surface area (Å²) in [6.45, 7) is 3.96. The Hall–Kier alpha value is -1.54. The fourth-order valence-corrected chi connectivity index (χ4v) is 1.87. The lowest BCUT2D eigenvalue weighted by Crippen LogP contribution is -1.90. The number of halogens is 2. The van der Waals surface area contributed by atoms with E-state index in [1.165, 1.54) is 6.07 Å². The quantitative estimate of drug-likeness (QED) is 0.769. The van der Waals surface area contributed by atoms with Crippen LogP contribution in [0.4, 0.5) is 4.39 Å². The molecule has 0 aliphatic carbocycles. The lowest BCUT2D eigenvalue weighted by atomic mass is 10.00. The molecule has 0 aliphatic heterocycles. The van der Waals surface area contributed by atoms with Crippen molar-refractivity contribution in [3.05, 3.63) is 59.7 Å². The van der Waals surface area contributed by atoms with Crippen molar-refractivity contribution in [2.75, 3.05) is 7.11 Å². The molecule has 1 radical (unpaired) electrons. The Kier molecular flexibility index (Phi) is 3.34. The van der Waals surface area contributed by atoms with Crippen LogP contribution in [-0.4, -0.2) is 7.11 Å². The first kappa shape index (κ1) is 11.9. The van der Waals surface area contributed by atoms with Gasteiger partial charge in [-0.15, -0.1) is 0 Å². The van der Waals surface area contributed by atoms with Gasteiger partial charge in [-0.25, -0.2) is 4.39 Å². The van der Waals surface area contributed by atoms with E-state index in [0.29, 0.717) is 5.75 Å². The average molecular weight is 250 g/mol. The first-order valence-corrected chi connectivity index (χ1v) is 5.45. The monoisotopic (exact) mass is 249 g/mol. The van der Waals surface area contributed by atoms with Crippen molar-refractivity contribution >= 4 is 11.6 Å². The zero-order chi connectivity index (χ0) is 12.4. The minimum atomic E-state index is -0.427. The Morgan fingerprint density at radius 1 is 1.24 bits per heavy atom. The van der Waals surface area contributed by atoms with Crippen LogP contribution in [0.15, 0.2) is 36.4 Å². The summed E-state index contributed by atoms with van der Waals surface area (Å²) < 4.78 is 18.3. The molecule has 0 N–H and O–H groups in total. The Bertz CT molecular complexity index is 552. The molecule has 0 saturated heterocycles. The first-order chi connectivity index (χ1) is 8.13. The Balaban J connectivity index is 2.56. The molecule has 2 aromatic carbocycles. The average Bonchev–Trinajstić information content (AvgIpc) is 2.33. The van der Waals surface area contributed by atoms with E-state index in [1.807, 2.05) is 18.2 Å². The molecule has 3 heteroatoms. The van der Waals surface area contributed by atoms with Crippen LogP contribution in [0.5, 0.6) is 5.75 Å². The van der Waals surface area contributed by atoms with E-state index < -0.39 is 5.82 Å². The number of hydrogen-bond donors (Lipinski definition) is 0. The maximum Gasteiger partial charge on any atom is 0.141 e. The third-order valence-corrected chi connectivity index (χ3v) is 2.87. The highest BCUT2D eigenvalue weighted by atomic mass is 35.5. The normalized spacial score (nSPS) is 10.4. The van der Waals surface area contributed by atoms with E-state index in [-0.39, 0.29) is 5.02 Å². The van der Waals surface area contributed by atoms with Crippen LogP contribution in [-0.2, 0) is 0 Å². The van der Waals surface area contributed by atoms with Crippen LogP contribution in [0.25, 0.3) is 11.1 Å². The number of methoxy groups -OCH3 is 1. The van der Waals surface area contributed by atoms with Crippen molar-refractivity contribution in [1.29, 1.82) is 0 Å². The first-order valence-electron chi connectivity index (χ1n) is 5.08. The van der Waals surface area contributed by atoms with Gasteiger partial charge in [0.25, 0.3) is 0 Å². The molecule has 0 aliphatic rings. The SMILES string of the molecule is [CH2]c1c(OC)cccc1-c1ccc(F)c(Cl)c1. The van der Waals surface area contributed by atoms with Crippen LogP contribution < -0.4 is 4.74 Å². The van der Waals surface area contributed by atoms with Gasteiger partial charge in [0.05, 0.1) is 12.1 Å². The van der Waals surface area contributed by atoms with Crippen molar-refractivity contribution in [1.82, 2.24) is 0 Å². The molecule has 2 aromatic rings. The van der Waals surface area contributed by atoms with Gasteiger partial charge >= 0.3 is 0 Å². The summed E-state index contributed by atoms with van der Waals surface area (Å²) in [5.41, 5.74) is 2.46. The van der Waals surface area contributed by atoms with Crippen LogP contribution in [0.2, 0.25) is 5.02 Å². The van der Waals surface area contributed by atoms with Gasteiger partial charge in [0.1, 0.15) is 11.6 Å². The molecule has 0 aromatic heterocycles. The summed E-state index contributed by atoms with van der Waals surface area (Å²) in [5.74, 6) is 0.270. The number of ether oxygens (including phenoxy) is 1. The van der Waals surface area contributed by atoms with Crippen LogP contribution in [0.3, 0.4) is 0 Å². The molecule has 17 heavy (non-hydrogen) atoms. The molecular weight excluding hydrogens is 239 g/mol. The van der Waals surface area contributed by atoms with Gasteiger partial charge in [0.2, 0.25) is 0 Å². The highest BCUT2D eigenvalue weighted by Gasteiger charge is 2.08. The Morgan fingerprint density at radius 2 is 2.00 bits per heavy atom. The molecule has 0 unspecified atom stereocenters. The predicted molar refractivity (Wildman–Crippen MR) is 67.9 cm³/mol. The maximum absolute atomic E-state index is 13.1. The summed E-state index contributed by atoms with van der Waals surface area (Å²) in [6, 6.07) is 10.2. The second kappa shape index (κ2) is 4.76. The molecule has 0 atom stereocenters. The maximum atomic E-state index is 13.1. The number of rotatable bonds is 2. The van der Waals surface area contributed by atoms with Gasteiger partial charge < -0.3 is 4.74 Å². The van der Waals surface area contributed by atoms with E-state index in [2.05, 4.69) is 6.92 Å². The van der Waals surface area contributed by atoms with E-state index >= 15 is 0 Å². The summed E-state index contributed by atoms with van der Waals surface area (Å²) in [4.78, 5) is 0. The summed E-state index contributed by atoms with van der Waals surface area (Å²) >= 11 is 5.76. The molecule has 0 spiro atoms. The second-order valence-electron chi connectivity index (χ2n) is 3.62. The lowest BCUT2D eigenvalue weighted by Gasteiger charge is -2.10. The largest absolute Gasteiger partial charge is 0.496 e.